The van der Waals surface area contributed by atoms with Crippen LogP contribution in [0.2, 0.25) is 0 Å². The molecule has 0 radical (unpaired) electrons. The van der Waals surface area contributed by atoms with E-state index in [-0.39, 0.29) is 12.8 Å². The highest BCUT2D eigenvalue weighted by Crippen LogP contribution is 2.32. The first-order valence-corrected chi connectivity index (χ1v) is 10.4. The normalized spacial score (nSPS) is 13.8. The summed E-state index contributed by atoms with van der Waals surface area (Å²) < 4.78 is 12.8. The summed E-state index contributed by atoms with van der Waals surface area (Å²) in [6.07, 6.45) is 0.833. The van der Waals surface area contributed by atoms with Gasteiger partial charge in [-0.1, -0.05) is 36.4 Å². The van der Waals surface area contributed by atoms with E-state index in [1.54, 1.807) is 0 Å². The first-order chi connectivity index (χ1) is 15.1. The molecule has 4 rings (SSSR count). The third kappa shape index (κ3) is 5.14. The lowest BCUT2D eigenvalue weighted by Crippen LogP contribution is -2.39. The molecule has 1 atom stereocenters. The highest BCUT2D eigenvalue weighted by Gasteiger charge is 2.13. The van der Waals surface area contributed by atoms with Crippen molar-refractivity contribution in [3.8, 4) is 11.5 Å². The van der Waals surface area contributed by atoms with Gasteiger partial charge >= 0.3 is 0 Å². The van der Waals surface area contributed by atoms with Crippen LogP contribution in [0.3, 0.4) is 0 Å². The Labute approximate surface area is 182 Å². The van der Waals surface area contributed by atoms with Gasteiger partial charge in [0.25, 0.3) is 0 Å². The van der Waals surface area contributed by atoms with Crippen LogP contribution in [0.1, 0.15) is 35.7 Å². The molecule has 1 aliphatic heterocycles. The van der Waals surface area contributed by atoms with E-state index in [2.05, 4.69) is 46.0 Å². The van der Waals surface area contributed by atoms with Crippen molar-refractivity contribution in [1.82, 2.24) is 25.4 Å². The highest BCUT2D eigenvalue weighted by atomic mass is 16.7. The largest absolute Gasteiger partial charge is 0.454 e. The summed E-state index contributed by atoms with van der Waals surface area (Å²) in [4.78, 5) is 4.75. The second-order valence-corrected chi connectivity index (χ2v) is 7.53. The zero-order chi connectivity index (χ0) is 21.6. The molecule has 0 bridgehead atoms. The number of hydrogen-bond donors (Lipinski definition) is 2. The van der Waals surface area contributed by atoms with Crippen LogP contribution in [0, 0.1) is 6.92 Å². The van der Waals surface area contributed by atoms with E-state index < -0.39 is 0 Å². The Kier molecular flexibility index (Phi) is 6.35. The van der Waals surface area contributed by atoms with Gasteiger partial charge in [-0.15, -0.1) is 10.2 Å². The maximum absolute atomic E-state index is 5.47. The molecule has 31 heavy (non-hydrogen) atoms. The third-order valence-electron chi connectivity index (χ3n) is 5.36. The van der Waals surface area contributed by atoms with Gasteiger partial charge in [0.05, 0.1) is 6.04 Å². The Morgan fingerprint density at radius 3 is 2.71 bits per heavy atom. The lowest BCUT2D eigenvalue weighted by molar-refractivity contribution is 0.174. The standard InChI is InChI=1S/C23H28N6O2/c1-16(19-7-5-4-6-8-19)26-23(25-14-22-28-27-17(2)29(22)3)24-12-11-18-9-10-20-21(13-18)31-15-30-20/h4-10,13,16H,11-12,14-15H2,1-3H3,(H2,24,25,26). The number of aliphatic imine (C=N–C) groups is 1. The van der Waals surface area contributed by atoms with Crippen molar-refractivity contribution in [3.05, 3.63) is 71.3 Å². The molecule has 1 unspecified atom stereocenters. The molecule has 3 aromatic rings. The van der Waals surface area contributed by atoms with E-state index in [9.17, 15) is 0 Å². The molecule has 0 saturated carbocycles. The molecule has 1 aromatic heterocycles. The molecule has 162 valence electrons. The number of ether oxygens (including phenoxy) is 2. The van der Waals surface area contributed by atoms with Crippen molar-refractivity contribution in [2.24, 2.45) is 12.0 Å². The van der Waals surface area contributed by atoms with Crippen LogP contribution in [0.5, 0.6) is 11.5 Å². The second-order valence-electron chi connectivity index (χ2n) is 7.53. The summed E-state index contributed by atoms with van der Waals surface area (Å²) in [6, 6.07) is 16.5. The van der Waals surface area contributed by atoms with Crippen LogP contribution in [-0.2, 0) is 20.0 Å². The van der Waals surface area contributed by atoms with Crippen molar-refractivity contribution in [2.45, 2.75) is 32.9 Å². The molecule has 8 heteroatoms. The van der Waals surface area contributed by atoms with Gasteiger partial charge in [-0.25, -0.2) is 4.99 Å². The first-order valence-electron chi connectivity index (χ1n) is 10.4. The average molecular weight is 421 g/mol. The van der Waals surface area contributed by atoms with Crippen LogP contribution >= 0.6 is 0 Å². The van der Waals surface area contributed by atoms with E-state index in [0.29, 0.717) is 6.54 Å². The number of nitrogens with one attached hydrogen (secondary N) is 2. The quantitative estimate of drug-likeness (QED) is 0.452. The molecule has 1 aliphatic rings. The van der Waals surface area contributed by atoms with Gasteiger partial charge < -0.3 is 24.7 Å². The van der Waals surface area contributed by atoms with Gasteiger partial charge in [0.2, 0.25) is 6.79 Å². The number of fused-ring (bicyclic) bond motifs is 1. The van der Waals surface area contributed by atoms with Gasteiger partial charge in [0, 0.05) is 13.6 Å². The molecular formula is C23H28N6O2. The van der Waals surface area contributed by atoms with Crippen LogP contribution in [0.25, 0.3) is 0 Å². The van der Waals surface area contributed by atoms with Crippen molar-refractivity contribution in [1.29, 1.82) is 0 Å². The van der Waals surface area contributed by atoms with Crippen LogP contribution in [0.15, 0.2) is 53.5 Å². The lowest BCUT2D eigenvalue weighted by Gasteiger charge is -2.19. The van der Waals surface area contributed by atoms with Crippen LogP contribution < -0.4 is 20.1 Å². The molecule has 0 aliphatic carbocycles. The summed E-state index contributed by atoms with van der Waals surface area (Å²) in [5.74, 6) is 4.03. The fourth-order valence-electron chi connectivity index (χ4n) is 3.34. The van der Waals surface area contributed by atoms with E-state index in [1.165, 1.54) is 11.1 Å². The molecule has 0 amide bonds. The number of hydrogen-bond acceptors (Lipinski definition) is 5. The summed E-state index contributed by atoms with van der Waals surface area (Å²) in [6.45, 7) is 5.51. The number of guanidine groups is 1. The van der Waals surface area contributed by atoms with E-state index >= 15 is 0 Å². The minimum atomic E-state index is 0.110. The SMILES string of the molecule is Cc1nnc(CN=C(NCCc2ccc3c(c2)OCO3)NC(C)c2ccccc2)n1C. The molecule has 2 heterocycles. The molecule has 2 aromatic carbocycles. The van der Waals surface area contributed by atoms with Crippen molar-refractivity contribution in [3.63, 3.8) is 0 Å². The molecule has 8 nitrogen and oxygen atoms in total. The summed E-state index contributed by atoms with van der Waals surface area (Å²) >= 11 is 0. The molecular weight excluding hydrogens is 392 g/mol. The maximum atomic E-state index is 5.47. The molecule has 0 saturated heterocycles. The summed E-state index contributed by atoms with van der Waals surface area (Å²) in [5.41, 5.74) is 2.37. The van der Waals surface area contributed by atoms with Crippen molar-refractivity contribution >= 4 is 5.96 Å². The maximum Gasteiger partial charge on any atom is 0.231 e. The number of rotatable bonds is 7. The lowest BCUT2D eigenvalue weighted by atomic mass is 10.1. The Morgan fingerprint density at radius 1 is 1.13 bits per heavy atom. The van der Waals surface area contributed by atoms with Gasteiger partial charge in [-0.3, -0.25) is 0 Å². The zero-order valence-electron chi connectivity index (χ0n) is 18.1. The predicted molar refractivity (Wildman–Crippen MR) is 119 cm³/mol. The highest BCUT2D eigenvalue weighted by molar-refractivity contribution is 5.80. The molecule has 0 spiro atoms. The molecule has 0 fully saturated rings. The van der Waals surface area contributed by atoms with Gasteiger partial charge in [-0.2, -0.15) is 0 Å². The Hall–Kier alpha value is -3.55. The van der Waals surface area contributed by atoms with Crippen molar-refractivity contribution < 1.29 is 9.47 Å². The minimum Gasteiger partial charge on any atom is -0.454 e. The average Bonchev–Trinajstić information content (AvgIpc) is 3.38. The minimum absolute atomic E-state index is 0.110. The van der Waals surface area contributed by atoms with Crippen LogP contribution in [-0.4, -0.2) is 34.1 Å². The number of aromatic nitrogens is 3. The second kappa shape index (κ2) is 9.51. The zero-order valence-corrected chi connectivity index (χ0v) is 18.1. The number of benzene rings is 2. The number of nitrogens with zero attached hydrogens (tertiary/aromatic N) is 4. The predicted octanol–water partition coefficient (Wildman–Crippen LogP) is 2.89. The fourth-order valence-corrected chi connectivity index (χ4v) is 3.34. The summed E-state index contributed by atoms with van der Waals surface area (Å²) in [5, 5.41) is 15.3. The Balaban J connectivity index is 1.42. The van der Waals surface area contributed by atoms with E-state index in [4.69, 9.17) is 14.5 Å². The summed E-state index contributed by atoms with van der Waals surface area (Å²) in [7, 11) is 1.95. The smallest absolute Gasteiger partial charge is 0.231 e. The van der Waals surface area contributed by atoms with Crippen LogP contribution in [0.4, 0.5) is 0 Å². The monoisotopic (exact) mass is 420 g/mol. The molecule has 2 N–H and O–H groups in total. The topological polar surface area (TPSA) is 85.6 Å². The third-order valence-corrected chi connectivity index (χ3v) is 5.36. The van der Waals surface area contributed by atoms with Crippen molar-refractivity contribution in [2.75, 3.05) is 13.3 Å². The van der Waals surface area contributed by atoms with E-state index in [1.807, 2.05) is 48.9 Å². The Bertz CT molecular complexity index is 1050. The van der Waals surface area contributed by atoms with E-state index in [0.717, 1.165) is 42.1 Å². The number of aryl methyl sites for hydroxylation is 1. The van der Waals surface area contributed by atoms with Gasteiger partial charge in [-0.05, 0) is 43.5 Å². The Morgan fingerprint density at radius 2 is 1.94 bits per heavy atom. The first kappa shape index (κ1) is 20.7. The van der Waals surface area contributed by atoms with Gasteiger partial charge in [0.1, 0.15) is 12.4 Å². The fraction of sp³-hybridized carbons (Fsp3) is 0.348. The van der Waals surface area contributed by atoms with Gasteiger partial charge in [0.15, 0.2) is 23.3 Å².